The molecule has 4 nitrogen and oxygen atoms in total. The van der Waals surface area contributed by atoms with Crippen molar-refractivity contribution in [3.05, 3.63) is 71.3 Å². The quantitative estimate of drug-likeness (QED) is 0.600. The van der Waals surface area contributed by atoms with Gasteiger partial charge in [-0.15, -0.1) is 0 Å². The van der Waals surface area contributed by atoms with Crippen LogP contribution in [0.25, 0.3) is 10.8 Å². The molecule has 0 atom stereocenters. The lowest BCUT2D eigenvalue weighted by molar-refractivity contribution is -0.399. The molecule has 0 N–H and O–H groups in total. The van der Waals surface area contributed by atoms with E-state index in [0.717, 1.165) is 36.9 Å². The normalized spacial score (nSPS) is 15.8. The van der Waals surface area contributed by atoms with Gasteiger partial charge in [0.15, 0.2) is 0 Å². The summed E-state index contributed by atoms with van der Waals surface area (Å²) in [4.78, 5) is 17.4. The highest BCUT2D eigenvalue weighted by molar-refractivity contribution is 6.24. The second-order valence-corrected chi connectivity index (χ2v) is 8.56. The van der Waals surface area contributed by atoms with Crippen molar-refractivity contribution in [2.75, 3.05) is 39.1 Å². The number of piperidine rings is 1. The fourth-order valence-electron chi connectivity index (χ4n) is 4.89. The van der Waals surface area contributed by atoms with E-state index < -0.39 is 0 Å². The van der Waals surface area contributed by atoms with Gasteiger partial charge >= 0.3 is 0 Å². The molecule has 0 aliphatic carbocycles. The summed E-state index contributed by atoms with van der Waals surface area (Å²) in [5.41, 5.74) is 6.78. The Hall–Kier alpha value is -3.14. The smallest absolute Gasteiger partial charge is 0.254 e. The van der Waals surface area contributed by atoms with Crippen LogP contribution in [0.15, 0.2) is 54.6 Å². The number of carbonyl (C=O) groups excluding carboxylic acids is 1. The summed E-state index contributed by atoms with van der Waals surface area (Å²) in [5, 5.41) is 2.25. The van der Waals surface area contributed by atoms with Crippen molar-refractivity contribution in [3.63, 3.8) is 0 Å². The summed E-state index contributed by atoms with van der Waals surface area (Å²) in [6, 6.07) is 19.2. The molecule has 0 saturated carbocycles. The molecule has 0 unspecified atom stereocenters. The zero-order valence-electron chi connectivity index (χ0n) is 18.0. The molecule has 2 aliphatic heterocycles. The molecule has 30 heavy (non-hydrogen) atoms. The van der Waals surface area contributed by atoms with E-state index in [1.807, 2.05) is 11.0 Å². The molecule has 2 heterocycles. The van der Waals surface area contributed by atoms with Crippen LogP contribution in [0, 0.1) is 0 Å². The van der Waals surface area contributed by atoms with Gasteiger partial charge in [-0.1, -0.05) is 12.1 Å². The molecule has 0 bridgehead atoms. The number of rotatable bonds is 3. The Morgan fingerprint density at radius 1 is 0.933 bits per heavy atom. The Labute approximate surface area is 178 Å². The zero-order valence-corrected chi connectivity index (χ0v) is 18.0. The standard InChI is InChI=1S/C26H28N3O/c1-27(2)19-12-10-18(11-13-19)25-22-15-14-21(26(30)29-16-5-4-6-17-29)20-8-7-9-23(24(20)22)28(25)3/h7-15H,4-6,16-17H2,1-3H3/q+1. The molecule has 3 aromatic rings. The lowest BCUT2D eigenvalue weighted by Crippen LogP contribution is -2.35. The molecule has 1 amide bonds. The van der Waals surface area contributed by atoms with Crippen molar-refractivity contribution < 1.29 is 9.37 Å². The Balaban J connectivity index is 1.62. The first-order chi connectivity index (χ1) is 14.6. The van der Waals surface area contributed by atoms with E-state index in [2.05, 4.69) is 79.1 Å². The number of hydrogen-bond acceptors (Lipinski definition) is 2. The van der Waals surface area contributed by atoms with E-state index in [1.54, 1.807) is 0 Å². The molecule has 1 saturated heterocycles. The SMILES string of the molecule is CN(C)c1ccc(C2=[N+](C)c3cccc4c(C(=O)N5CCCCC5)ccc2c34)cc1. The number of nitrogens with zero attached hydrogens (tertiary/aromatic N) is 3. The summed E-state index contributed by atoms with van der Waals surface area (Å²) < 4.78 is 2.26. The van der Waals surface area contributed by atoms with E-state index in [0.29, 0.717) is 0 Å². The topological polar surface area (TPSA) is 26.6 Å². The van der Waals surface area contributed by atoms with E-state index in [1.165, 1.54) is 40.0 Å². The minimum atomic E-state index is 0.171. The predicted octanol–water partition coefficient (Wildman–Crippen LogP) is 4.66. The number of likely N-dealkylation sites (tertiary alicyclic amines) is 1. The highest BCUT2D eigenvalue weighted by Gasteiger charge is 2.33. The van der Waals surface area contributed by atoms with Crippen LogP contribution in [0.3, 0.4) is 0 Å². The van der Waals surface area contributed by atoms with Crippen molar-refractivity contribution >= 4 is 33.8 Å². The van der Waals surface area contributed by atoms with Crippen LogP contribution in [0.1, 0.15) is 40.7 Å². The van der Waals surface area contributed by atoms with Crippen LogP contribution >= 0.6 is 0 Å². The Morgan fingerprint density at radius 2 is 1.67 bits per heavy atom. The van der Waals surface area contributed by atoms with Gasteiger partial charge in [-0.25, -0.2) is 0 Å². The number of carbonyl (C=O) groups is 1. The summed E-state index contributed by atoms with van der Waals surface area (Å²) in [6.45, 7) is 1.74. The zero-order chi connectivity index (χ0) is 20.8. The van der Waals surface area contributed by atoms with Crippen molar-refractivity contribution in [1.29, 1.82) is 0 Å². The largest absolute Gasteiger partial charge is 0.378 e. The van der Waals surface area contributed by atoms with Crippen molar-refractivity contribution in [2.45, 2.75) is 19.3 Å². The first kappa shape index (κ1) is 18.9. The van der Waals surface area contributed by atoms with E-state index in [9.17, 15) is 4.79 Å². The third-order valence-corrected chi connectivity index (χ3v) is 6.50. The molecule has 2 aliphatic rings. The van der Waals surface area contributed by atoms with Gasteiger partial charge in [0.2, 0.25) is 11.4 Å². The van der Waals surface area contributed by atoms with Crippen LogP contribution in [-0.4, -0.2) is 55.3 Å². The summed E-state index contributed by atoms with van der Waals surface area (Å²) >= 11 is 0. The number of hydrogen-bond donors (Lipinski definition) is 0. The molecular weight excluding hydrogens is 370 g/mol. The lowest BCUT2D eigenvalue weighted by Gasteiger charge is -2.27. The molecule has 1 fully saturated rings. The van der Waals surface area contributed by atoms with Gasteiger partial charge in [0.25, 0.3) is 5.91 Å². The van der Waals surface area contributed by atoms with Gasteiger partial charge in [0.1, 0.15) is 7.05 Å². The third-order valence-electron chi connectivity index (χ3n) is 6.50. The predicted molar refractivity (Wildman–Crippen MR) is 124 cm³/mol. The van der Waals surface area contributed by atoms with Gasteiger partial charge in [-0.05, 0) is 55.7 Å². The highest BCUT2D eigenvalue weighted by atomic mass is 16.2. The van der Waals surface area contributed by atoms with Gasteiger partial charge in [0, 0.05) is 55.5 Å². The van der Waals surface area contributed by atoms with Crippen LogP contribution in [0.4, 0.5) is 11.4 Å². The van der Waals surface area contributed by atoms with Gasteiger partial charge in [0.05, 0.1) is 10.9 Å². The highest BCUT2D eigenvalue weighted by Crippen LogP contribution is 2.38. The molecule has 0 spiro atoms. The average molecular weight is 399 g/mol. The fourth-order valence-corrected chi connectivity index (χ4v) is 4.89. The van der Waals surface area contributed by atoms with Crippen LogP contribution < -0.4 is 4.90 Å². The molecule has 5 rings (SSSR count). The second-order valence-electron chi connectivity index (χ2n) is 8.56. The summed E-state index contributed by atoms with van der Waals surface area (Å²) in [6.07, 6.45) is 3.44. The number of anilines is 1. The molecular formula is C26H28N3O+. The van der Waals surface area contributed by atoms with Crippen molar-refractivity contribution in [2.24, 2.45) is 0 Å². The first-order valence-corrected chi connectivity index (χ1v) is 10.8. The Kier molecular flexibility index (Phi) is 4.58. The van der Waals surface area contributed by atoms with E-state index >= 15 is 0 Å². The maximum Gasteiger partial charge on any atom is 0.254 e. The first-order valence-electron chi connectivity index (χ1n) is 10.8. The fraction of sp³-hybridized carbons (Fsp3) is 0.308. The molecule has 0 aromatic heterocycles. The molecule has 4 heteroatoms. The van der Waals surface area contributed by atoms with Crippen LogP contribution in [0.5, 0.6) is 0 Å². The maximum absolute atomic E-state index is 13.3. The van der Waals surface area contributed by atoms with E-state index in [-0.39, 0.29) is 5.91 Å². The van der Waals surface area contributed by atoms with Gasteiger partial charge in [-0.3, -0.25) is 4.79 Å². The van der Waals surface area contributed by atoms with Gasteiger partial charge in [-0.2, -0.15) is 4.58 Å². The van der Waals surface area contributed by atoms with Gasteiger partial charge < -0.3 is 9.80 Å². The van der Waals surface area contributed by atoms with Crippen LogP contribution in [0.2, 0.25) is 0 Å². The third kappa shape index (κ3) is 2.90. The summed E-state index contributed by atoms with van der Waals surface area (Å²) in [5.74, 6) is 0.171. The molecule has 3 aromatic carbocycles. The Morgan fingerprint density at radius 3 is 2.37 bits per heavy atom. The lowest BCUT2D eigenvalue weighted by atomic mass is 9.94. The molecule has 0 radical (unpaired) electrons. The van der Waals surface area contributed by atoms with E-state index in [4.69, 9.17) is 0 Å². The molecule has 152 valence electrons. The van der Waals surface area contributed by atoms with Crippen LogP contribution in [-0.2, 0) is 0 Å². The van der Waals surface area contributed by atoms with Crippen molar-refractivity contribution in [3.8, 4) is 0 Å². The minimum Gasteiger partial charge on any atom is -0.378 e. The maximum atomic E-state index is 13.3. The minimum absolute atomic E-state index is 0.171. The number of amides is 1. The van der Waals surface area contributed by atoms with Crippen molar-refractivity contribution in [1.82, 2.24) is 4.90 Å². The average Bonchev–Trinajstić information content (AvgIpc) is 3.07. The second kappa shape index (κ2) is 7.28. The summed E-state index contributed by atoms with van der Waals surface area (Å²) in [7, 11) is 6.23. The Bertz CT molecular complexity index is 1170. The number of benzene rings is 3. The monoisotopic (exact) mass is 398 g/mol.